The van der Waals surface area contributed by atoms with Gasteiger partial charge in [-0.1, -0.05) is 38.1 Å². The van der Waals surface area contributed by atoms with Crippen LogP contribution in [0, 0.1) is 5.92 Å². The number of H-pyrrole nitrogens is 1. The molecule has 4 aromatic rings. The Morgan fingerprint density at radius 3 is 2.38 bits per heavy atom. The normalized spacial score (nSPS) is 15.1. The zero-order valence-electron chi connectivity index (χ0n) is 18.6. The van der Waals surface area contributed by atoms with Gasteiger partial charge in [-0.15, -0.1) is 4.40 Å². The molecule has 172 valence electrons. The van der Waals surface area contributed by atoms with Gasteiger partial charge < -0.3 is 15.6 Å². The number of amides is 1. The standard InChI is InChI=1S/C25H23N5O3S/c1-15(2)22(24-27-19-8-4-5-9-20(19)28-24)29-25(31)16-11-13-17(14-12-16)26-23-18-7-3-6-10-21(18)34(32,33)30-23/h3-15,22H,1-2H3,(H,26,30)(H,27,28)(H,29,31). The number of hydrogen-bond acceptors (Lipinski definition) is 5. The fraction of sp³-hybridized carbons (Fsp3) is 0.160. The summed E-state index contributed by atoms with van der Waals surface area (Å²) in [4.78, 5) is 21.1. The summed E-state index contributed by atoms with van der Waals surface area (Å²) in [6, 6.07) is 20.9. The van der Waals surface area contributed by atoms with Crippen LogP contribution in [0.25, 0.3) is 11.0 Å². The number of carbonyl (C=O) groups excluding carboxylic acids is 1. The monoisotopic (exact) mass is 473 g/mol. The zero-order valence-corrected chi connectivity index (χ0v) is 19.4. The van der Waals surface area contributed by atoms with Crippen molar-refractivity contribution < 1.29 is 13.2 Å². The molecule has 1 aliphatic rings. The molecule has 34 heavy (non-hydrogen) atoms. The van der Waals surface area contributed by atoms with Gasteiger partial charge in [-0.3, -0.25) is 4.79 Å². The average Bonchev–Trinajstić information content (AvgIpc) is 3.36. The van der Waals surface area contributed by atoms with E-state index in [1.807, 2.05) is 38.1 Å². The lowest BCUT2D eigenvalue weighted by atomic mass is 10.0. The molecular formula is C25H23N5O3S. The van der Waals surface area contributed by atoms with Crippen molar-refractivity contribution in [3.05, 3.63) is 89.7 Å². The molecule has 0 aliphatic carbocycles. The number of carbonyl (C=O) groups is 1. The number of aromatic amines is 1. The third-order valence-corrected chi connectivity index (χ3v) is 7.03. The number of rotatable bonds is 5. The third-order valence-electron chi connectivity index (χ3n) is 5.70. The van der Waals surface area contributed by atoms with Gasteiger partial charge in [0.1, 0.15) is 10.7 Å². The predicted octanol–water partition coefficient (Wildman–Crippen LogP) is 4.25. The van der Waals surface area contributed by atoms with Gasteiger partial charge in [0.05, 0.1) is 17.1 Å². The van der Waals surface area contributed by atoms with Crippen LogP contribution in [0.1, 0.15) is 41.6 Å². The number of amidine groups is 1. The largest absolute Gasteiger partial charge is 0.342 e. The number of benzene rings is 3. The first-order valence-corrected chi connectivity index (χ1v) is 12.3. The molecule has 3 N–H and O–H groups in total. The molecule has 0 fully saturated rings. The van der Waals surface area contributed by atoms with Crippen LogP contribution in [0.2, 0.25) is 0 Å². The van der Waals surface area contributed by atoms with E-state index in [1.165, 1.54) is 6.07 Å². The minimum Gasteiger partial charge on any atom is -0.342 e. The molecule has 3 aromatic carbocycles. The molecule has 1 unspecified atom stereocenters. The highest BCUT2D eigenvalue weighted by molar-refractivity contribution is 7.90. The van der Waals surface area contributed by atoms with E-state index in [0.717, 1.165) is 11.0 Å². The van der Waals surface area contributed by atoms with Gasteiger partial charge in [0, 0.05) is 16.8 Å². The molecule has 1 amide bonds. The van der Waals surface area contributed by atoms with E-state index in [2.05, 4.69) is 25.0 Å². The Hall–Kier alpha value is -3.98. The molecule has 8 nitrogen and oxygen atoms in total. The summed E-state index contributed by atoms with van der Waals surface area (Å²) in [5.74, 6) is 0.865. The molecule has 2 heterocycles. The second-order valence-electron chi connectivity index (χ2n) is 8.45. The Kier molecular flexibility index (Phi) is 5.41. The van der Waals surface area contributed by atoms with Crippen molar-refractivity contribution in [1.29, 1.82) is 0 Å². The smallest absolute Gasteiger partial charge is 0.285 e. The van der Waals surface area contributed by atoms with Gasteiger partial charge in [-0.25, -0.2) is 4.98 Å². The van der Waals surface area contributed by atoms with Crippen LogP contribution >= 0.6 is 0 Å². The topological polar surface area (TPSA) is 116 Å². The lowest BCUT2D eigenvalue weighted by Gasteiger charge is -2.20. The third kappa shape index (κ3) is 4.06. The molecule has 1 aromatic heterocycles. The van der Waals surface area contributed by atoms with Gasteiger partial charge in [-0.2, -0.15) is 8.42 Å². The highest BCUT2D eigenvalue weighted by Crippen LogP contribution is 2.27. The van der Waals surface area contributed by atoms with Crippen molar-refractivity contribution in [2.24, 2.45) is 10.3 Å². The Morgan fingerprint density at radius 1 is 0.941 bits per heavy atom. The van der Waals surface area contributed by atoms with Crippen LogP contribution in [-0.2, 0) is 10.0 Å². The van der Waals surface area contributed by atoms with Crippen LogP contribution in [-0.4, -0.2) is 30.1 Å². The highest BCUT2D eigenvalue weighted by Gasteiger charge is 2.28. The Labute approximate surface area is 197 Å². The summed E-state index contributed by atoms with van der Waals surface area (Å²) >= 11 is 0. The molecular weight excluding hydrogens is 450 g/mol. The van der Waals surface area contributed by atoms with Gasteiger partial charge in [0.15, 0.2) is 5.84 Å². The number of nitrogens with zero attached hydrogens (tertiary/aromatic N) is 2. The quantitative estimate of drug-likeness (QED) is 0.401. The van der Waals surface area contributed by atoms with Crippen LogP contribution in [0.3, 0.4) is 0 Å². The molecule has 1 atom stereocenters. The highest BCUT2D eigenvalue weighted by atomic mass is 32.2. The Balaban J connectivity index is 1.32. The van der Waals surface area contributed by atoms with E-state index < -0.39 is 10.0 Å². The molecule has 0 radical (unpaired) electrons. The SMILES string of the molecule is CC(C)C(NC(=O)c1ccc(NC2=NS(=O)(=O)c3ccccc32)cc1)c1nc2ccccc2[nH]1. The van der Waals surface area contributed by atoms with E-state index in [0.29, 0.717) is 22.6 Å². The average molecular weight is 474 g/mol. The van der Waals surface area contributed by atoms with Crippen molar-refractivity contribution in [2.45, 2.75) is 24.8 Å². The number of imidazole rings is 1. The van der Waals surface area contributed by atoms with Crippen LogP contribution in [0.15, 0.2) is 82.1 Å². The maximum atomic E-state index is 13.0. The Bertz CT molecular complexity index is 1490. The number of anilines is 1. The van der Waals surface area contributed by atoms with Gasteiger partial charge >= 0.3 is 0 Å². The first-order chi connectivity index (χ1) is 16.3. The fourth-order valence-corrected chi connectivity index (χ4v) is 5.11. The first kappa shape index (κ1) is 21.8. The van der Waals surface area contributed by atoms with Crippen molar-refractivity contribution in [2.75, 3.05) is 5.32 Å². The van der Waals surface area contributed by atoms with E-state index in [1.54, 1.807) is 42.5 Å². The van der Waals surface area contributed by atoms with Crippen molar-refractivity contribution in [1.82, 2.24) is 15.3 Å². The van der Waals surface area contributed by atoms with E-state index in [4.69, 9.17) is 0 Å². The number of hydrogen-bond donors (Lipinski definition) is 3. The number of fused-ring (bicyclic) bond motifs is 2. The summed E-state index contributed by atoms with van der Waals surface area (Å²) in [6.45, 7) is 4.05. The maximum absolute atomic E-state index is 13.0. The summed E-state index contributed by atoms with van der Waals surface area (Å²) in [5.41, 5.74) is 3.40. The van der Waals surface area contributed by atoms with E-state index >= 15 is 0 Å². The first-order valence-electron chi connectivity index (χ1n) is 10.9. The number of sulfonamides is 1. The summed E-state index contributed by atoms with van der Waals surface area (Å²) < 4.78 is 28.3. The van der Waals surface area contributed by atoms with Crippen molar-refractivity contribution in [3.8, 4) is 0 Å². The number of aromatic nitrogens is 2. The molecule has 0 saturated heterocycles. The summed E-state index contributed by atoms with van der Waals surface area (Å²) in [5, 5.41) is 6.11. The van der Waals surface area contributed by atoms with Crippen molar-refractivity contribution in [3.63, 3.8) is 0 Å². The number of para-hydroxylation sites is 2. The van der Waals surface area contributed by atoms with Gasteiger partial charge in [0.25, 0.3) is 15.9 Å². The lowest BCUT2D eigenvalue weighted by Crippen LogP contribution is -2.32. The summed E-state index contributed by atoms with van der Waals surface area (Å²) in [7, 11) is -3.70. The Morgan fingerprint density at radius 2 is 1.65 bits per heavy atom. The molecule has 0 bridgehead atoms. The molecule has 1 aliphatic heterocycles. The van der Waals surface area contributed by atoms with E-state index in [-0.39, 0.29) is 28.6 Å². The van der Waals surface area contributed by atoms with E-state index in [9.17, 15) is 13.2 Å². The minimum absolute atomic E-state index is 0.118. The van der Waals surface area contributed by atoms with Gasteiger partial charge in [-0.05, 0) is 54.4 Å². The molecule has 0 saturated carbocycles. The predicted molar refractivity (Wildman–Crippen MR) is 131 cm³/mol. The zero-order chi connectivity index (χ0) is 23.9. The van der Waals surface area contributed by atoms with Crippen LogP contribution in [0.4, 0.5) is 5.69 Å². The van der Waals surface area contributed by atoms with Crippen LogP contribution in [0.5, 0.6) is 0 Å². The second kappa shape index (κ2) is 8.42. The van der Waals surface area contributed by atoms with Gasteiger partial charge in [0.2, 0.25) is 0 Å². The van der Waals surface area contributed by atoms with Crippen molar-refractivity contribution >= 4 is 38.5 Å². The molecule has 0 spiro atoms. The number of nitrogens with one attached hydrogen (secondary N) is 3. The molecule has 5 rings (SSSR count). The van der Waals surface area contributed by atoms with Crippen LogP contribution < -0.4 is 10.6 Å². The maximum Gasteiger partial charge on any atom is 0.285 e. The minimum atomic E-state index is -3.70. The fourth-order valence-electron chi connectivity index (χ4n) is 3.93. The molecule has 9 heteroatoms. The lowest BCUT2D eigenvalue weighted by molar-refractivity contribution is 0.0923. The second-order valence-corrected chi connectivity index (χ2v) is 10.0. The summed E-state index contributed by atoms with van der Waals surface area (Å²) in [6.07, 6.45) is 0.